The molecule has 0 spiro atoms. The van der Waals surface area contributed by atoms with Crippen molar-refractivity contribution in [2.24, 2.45) is 0 Å². The average Bonchev–Trinajstić information content (AvgIpc) is 2.65. The van der Waals surface area contributed by atoms with Gasteiger partial charge in [0.25, 0.3) is 0 Å². The highest BCUT2D eigenvalue weighted by atomic mass is 32.2. The number of nitrogens with one attached hydrogen (secondary N) is 1. The number of sulfonamides is 1. The first kappa shape index (κ1) is 22.3. The fourth-order valence-corrected chi connectivity index (χ4v) is 4.40. The van der Waals surface area contributed by atoms with Gasteiger partial charge in [-0.05, 0) is 36.6 Å². The summed E-state index contributed by atoms with van der Waals surface area (Å²) < 4.78 is 25.4. The molecule has 5 nitrogen and oxygen atoms in total. The third-order valence-corrected chi connectivity index (χ3v) is 6.41. The second-order valence-corrected chi connectivity index (χ2v) is 9.69. The fourth-order valence-electron chi connectivity index (χ4n) is 2.74. The Hall–Kier alpha value is -1.99. The highest BCUT2D eigenvalue weighted by Crippen LogP contribution is 2.18. The SMILES string of the molecule is CCc1ccc(N(CC(=O)NCCSCc2cccc(C)c2)S(C)(=O)=O)cc1. The maximum absolute atomic E-state index is 12.2. The van der Waals surface area contributed by atoms with Crippen molar-refractivity contribution >= 4 is 33.4 Å². The van der Waals surface area contributed by atoms with Gasteiger partial charge in [0, 0.05) is 18.1 Å². The Morgan fingerprint density at radius 2 is 1.82 bits per heavy atom. The summed E-state index contributed by atoms with van der Waals surface area (Å²) in [6.07, 6.45) is 1.99. The van der Waals surface area contributed by atoms with E-state index in [0.29, 0.717) is 12.2 Å². The normalized spacial score (nSPS) is 11.2. The molecule has 1 N–H and O–H groups in total. The molecule has 0 fully saturated rings. The van der Waals surface area contributed by atoms with Crippen LogP contribution in [0.4, 0.5) is 5.69 Å². The van der Waals surface area contributed by atoms with Crippen molar-refractivity contribution in [1.82, 2.24) is 5.32 Å². The molecule has 0 heterocycles. The summed E-state index contributed by atoms with van der Waals surface area (Å²) in [6.45, 7) is 4.39. The van der Waals surface area contributed by atoms with Crippen molar-refractivity contribution in [3.63, 3.8) is 0 Å². The minimum absolute atomic E-state index is 0.215. The maximum atomic E-state index is 12.2. The molecule has 7 heteroatoms. The first-order valence-electron chi connectivity index (χ1n) is 9.26. The summed E-state index contributed by atoms with van der Waals surface area (Å²) in [5.74, 6) is 1.35. The average molecular weight is 421 g/mol. The second-order valence-electron chi connectivity index (χ2n) is 6.68. The van der Waals surface area contributed by atoms with Crippen LogP contribution in [0.2, 0.25) is 0 Å². The maximum Gasteiger partial charge on any atom is 0.240 e. The molecule has 152 valence electrons. The zero-order valence-corrected chi connectivity index (χ0v) is 18.3. The van der Waals surface area contributed by atoms with Crippen LogP contribution in [0.3, 0.4) is 0 Å². The Morgan fingerprint density at radius 3 is 2.43 bits per heavy atom. The van der Waals surface area contributed by atoms with E-state index in [4.69, 9.17) is 0 Å². The number of carbonyl (C=O) groups excluding carboxylic acids is 1. The van der Waals surface area contributed by atoms with Gasteiger partial charge in [0.1, 0.15) is 6.54 Å². The molecule has 0 aliphatic heterocycles. The van der Waals surface area contributed by atoms with Gasteiger partial charge in [-0.1, -0.05) is 48.9 Å². The van der Waals surface area contributed by atoms with Crippen molar-refractivity contribution < 1.29 is 13.2 Å². The van der Waals surface area contributed by atoms with Crippen LogP contribution in [0, 0.1) is 6.92 Å². The molecule has 2 aromatic rings. The lowest BCUT2D eigenvalue weighted by Gasteiger charge is -2.22. The molecule has 2 rings (SSSR count). The van der Waals surface area contributed by atoms with Crippen LogP contribution in [-0.2, 0) is 27.0 Å². The summed E-state index contributed by atoms with van der Waals surface area (Å²) in [4.78, 5) is 12.2. The number of carbonyl (C=O) groups is 1. The van der Waals surface area contributed by atoms with Crippen LogP contribution in [0.5, 0.6) is 0 Å². The molecule has 0 unspecified atom stereocenters. The van der Waals surface area contributed by atoms with Crippen LogP contribution < -0.4 is 9.62 Å². The van der Waals surface area contributed by atoms with Crippen molar-refractivity contribution in [2.75, 3.05) is 29.4 Å². The van der Waals surface area contributed by atoms with E-state index in [2.05, 4.69) is 30.4 Å². The lowest BCUT2D eigenvalue weighted by molar-refractivity contribution is -0.119. The van der Waals surface area contributed by atoms with Crippen LogP contribution in [0.1, 0.15) is 23.6 Å². The van der Waals surface area contributed by atoms with Gasteiger partial charge in [0.15, 0.2) is 0 Å². The van der Waals surface area contributed by atoms with E-state index in [1.165, 1.54) is 11.1 Å². The van der Waals surface area contributed by atoms with E-state index in [1.54, 1.807) is 23.9 Å². The Balaban J connectivity index is 1.82. The zero-order valence-electron chi connectivity index (χ0n) is 16.6. The van der Waals surface area contributed by atoms with Crippen LogP contribution in [0.25, 0.3) is 0 Å². The summed E-state index contributed by atoms with van der Waals surface area (Å²) in [7, 11) is -3.54. The third-order valence-electron chi connectivity index (χ3n) is 4.24. The summed E-state index contributed by atoms with van der Waals surface area (Å²) >= 11 is 1.74. The van der Waals surface area contributed by atoms with E-state index in [9.17, 15) is 13.2 Å². The molecule has 0 radical (unpaired) electrons. The van der Waals surface area contributed by atoms with Gasteiger partial charge >= 0.3 is 0 Å². The molecule has 0 aliphatic carbocycles. The van der Waals surface area contributed by atoms with Crippen molar-refractivity contribution in [3.8, 4) is 0 Å². The number of amides is 1. The minimum Gasteiger partial charge on any atom is -0.354 e. The Kier molecular flexibility index (Phi) is 8.38. The number of hydrogen-bond donors (Lipinski definition) is 1. The van der Waals surface area contributed by atoms with Gasteiger partial charge in [-0.25, -0.2) is 8.42 Å². The number of aryl methyl sites for hydroxylation is 2. The Labute approximate surface area is 172 Å². The quantitative estimate of drug-likeness (QED) is 0.599. The molecular formula is C21H28N2O3S2. The first-order chi connectivity index (χ1) is 13.3. The number of thioether (sulfide) groups is 1. The fraction of sp³-hybridized carbons (Fsp3) is 0.381. The van der Waals surface area contributed by atoms with Crippen molar-refractivity contribution in [2.45, 2.75) is 26.0 Å². The second kappa shape index (κ2) is 10.5. The monoisotopic (exact) mass is 420 g/mol. The van der Waals surface area contributed by atoms with E-state index in [-0.39, 0.29) is 12.5 Å². The lowest BCUT2D eigenvalue weighted by Crippen LogP contribution is -2.41. The van der Waals surface area contributed by atoms with Crippen molar-refractivity contribution in [3.05, 3.63) is 65.2 Å². The molecule has 0 aromatic heterocycles. The molecule has 28 heavy (non-hydrogen) atoms. The Bertz CT molecular complexity index is 881. The first-order valence-corrected chi connectivity index (χ1v) is 12.3. The van der Waals surface area contributed by atoms with E-state index < -0.39 is 10.0 Å². The molecule has 0 bridgehead atoms. The smallest absolute Gasteiger partial charge is 0.240 e. The minimum atomic E-state index is -3.54. The van der Waals surface area contributed by atoms with Crippen LogP contribution in [0.15, 0.2) is 48.5 Å². The highest BCUT2D eigenvalue weighted by molar-refractivity contribution is 7.98. The molecule has 0 saturated heterocycles. The van der Waals surface area contributed by atoms with E-state index in [1.807, 2.05) is 25.1 Å². The highest BCUT2D eigenvalue weighted by Gasteiger charge is 2.20. The summed E-state index contributed by atoms with van der Waals surface area (Å²) in [6, 6.07) is 15.6. The van der Waals surface area contributed by atoms with Gasteiger partial charge in [-0.2, -0.15) is 11.8 Å². The number of hydrogen-bond acceptors (Lipinski definition) is 4. The zero-order chi connectivity index (χ0) is 20.6. The van der Waals surface area contributed by atoms with Crippen LogP contribution >= 0.6 is 11.8 Å². The van der Waals surface area contributed by atoms with Gasteiger partial charge in [0.2, 0.25) is 15.9 Å². The summed E-state index contributed by atoms with van der Waals surface area (Å²) in [5, 5.41) is 2.81. The molecule has 0 atom stereocenters. The molecule has 0 aliphatic rings. The molecular weight excluding hydrogens is 392 g/mol. The number of nitrogens with zero attached hydrogens (tertiary/aromatic N) is 1. The molecule has 1 amide bonds. The third kappa shape index (κ3) is 7.20. The number of benzene rings is 2. The Morgan fingerprint density at radius 1 is 1.11 bits per heavy atom. The van der Waals surface area contributed by atoms with Gasteiger partial charge < -0.3 is 5.32 Å². The van der Waals surface area contributed by atoms with Gasteiger partial charge in [0.05, 0.1) is 11.9 Å². The van der Waals surface area contributed by atoms with Crippen LogP contribution in [-0.4, -0.2) is 39.4 Å². The van der Waals surface area contributed by atoms with Gasteiger partial charge in [-0.15, -0.1) is 0 Å². The van der Waals surface area contributed by atoms with Gasteiger partial charge in [-0.3, -0.25) is 9.10 Å². The largest absolute Gasteiger partial charge is 0.354 e. The van der Waals surface area contributed by atoms with Crippen molar-refractivity contribution in [1.29, 1.82) is 0 Å². The summed E-state index contributed by atoms with van der Waals surface area (Å²) in [5.41, 5.74) is 4.12. The van der Waals surface area contributed by atoms with E-state index >= 15 is 0 Å². The topological polar surface area (TPSA) is 66.5 Å². The number of anilines is 1. The standard InChI is InChI=1S/C21H28N2O3S2/c1-4-18-8-10-20(11-9-18)23(28(3,25)26)15-21(24)22-12-13-27-16-19-7-5-6-17(2)14-19/h5-11,14H,4,12-13,15-16H2,1-3H3,(H,22,24). The molecule has 2 aromatic carbocycles. The predicted octanol–water partition coefficient (Wildman–Crippen LogP) is 3.37. The predicted molar refractivity (Wildman–Crippen MR) is 118 cm³/mol. The lowest BCUT2D eigenvalue weighted by atomic mass is 10.1. The molecule has 0 saturated carbocycles. The van der Waals surface area contributed by atoms with E-state index in [0.717, 1.165) is 34.1 Å². The number of rotatable bonds is 10.